The maximum Gasteiger partial charge on any atom is 0.339 e. The minimum Gasteiger partial charge on any atom is -0.496 e. The van der Waals surface area contributed by atoms with Crippen LogP contribution in [0.3, 0.4) is 0 Å². The lowest BCUT2D eigenvalue weighted by Crippen LogP contribution is -2.37. The van der Waals surface area contributed by atoms with Crippen LogP contribution in [-0.2, 0) is 30.7 Å². The molecule has 0 aliphatic carbocycles. The molecule has 7 nitrogen and oxygen atoms in total. The highest BCUT2D eigenvalue weighted by atomic mass is 19.1. The SMILES string of the molecule is COc1cc(CC(=O)N2CCc3c(n(Cc4cccc(F)c4)c4ncccc34)C2)ccc1C(=O)O. The number of hydrogen-bond donors (Lipinski definition) is 1. The Morgan fingerprint density at radius 2 is 1.97 bits per heavy atom. The van der Waals surface area contributed by atoms with Gasteiger partial charge in [-0.2, -0.15) is 0 Å². The Morgan fingerprint density at radius 1 is 1.11 bits per heavy atom. The molecule has 0 atom stereocenters. The van der Waals surface area contributed by atoms with Crippen molar-refractivity contribution < 1.29 is 23.8 Å². The predicted octanol–water partition coefficient (Wildman–Crippen LogP) is 4.06. The number of aromatic nitrogens is 2. The van der Waals surface area contributed by atoms with Gasteiger partial charge in [0.1, 0.15) is 22.8 Å². The summed E-state index contributed by atoms with van der Waals surface area (Å²) >= 11 is 0. The second kappa shape index (κ2) is 9.21. The molecule has 8 heteroatoms. The van der Waals surface area contributed by atoms with E-state index >= 15 is 0 Å². The van der Waals surface area contributed by atoms with Crippen LogP contribution in [0.15, 0.2) is 60.8 Å². The quantitative estimate of drug-likeness (QED) is 0.457. The molecule has 0 bridgehead atoms. The third-order valence-electron chi connectivity index (χ3n) is 6.45. The number of benzene rings is 2. The van der Waals surface area contributed by atoms with Gasteiger partial charge in [-0.05, 0) is 59.5 Å². The molecule has 1 amide bonds. The average Bonchev–Trinajstić information content (AvgIpc) is 3.16. The summed E-state index contributed by atoms with van der Waals surface area (Å²) < 4.78 is 21.1. The molecule has 3 heterocycles. The van der Waals surface area contributed by atoms with E-state index in [2.05, 4.69) is 9.55 Å². The van der Waals surface area contributed by atoms with Crippen molar-refractivity contribution in [1.82, 2.24) is 14.5 Å². The van der Waals surface area contributed by atoms with Crippen molar-refractivity contribution in [3.8, 4) is 5.75 Å². The van der Waals surface area contributed by atoms with Crippen LogP contribution in [0.4, 0.5) is 4.39 Å². The highest BCUT2D eigenvalue weighted by molar-refractivity contribution is 5.91. The molecule has 0 spiro atoms. The number of carboxylic acid groups (broad SMARTS) is 1. The Bertz CT molecular complexity index is 1450. The van der Waals surface area contributed by atoms with Crippen LogP contribution in [0, 0.1) is 5.82 Å². The van der Waals surface area contributed by atoms with Gasteiger partial charge in [-0.15, -0.1) is 0 Å². The Balaban J connectivity index is 1.43. The van der Waals surface area contributed by atoms with Crippen LogP contribution < -0.4 is 4.74 Å². The molecule has 0 fully saturated rings. The number of carboxylic acids is 1. The number of aromatic carboxylic acids is 1. The molecule has 0 saturated heterocycles. The third-order valence-corrected chi connectivity index (χ3v) is 6.45. The fourth-order valence-electron chi connectivity index (χ4n) is 4.77. The zero-order valence-electron chi connectivity index (χ0n) is 19.2. The van der Waals surface area contributed by atoms with E-state index in [4.69, 9.17) is 4.74 Å². The topological polar surface area (TPSA) is 84.7 Å². The number of methoxy groups -OCH3 is 1. The van der Waals surface area contributed by atoms with E-state index in [1.807, 2.05) is 18.2 Å². The van der Waals surface area contributed by atoms with Crippen molar-refractivity contribution in [1.29, 1.82) is 0 Å². The maximum absolute atomic E-state index is 13.8. The van der Waals surface area contributed by atoms with Crippen LogP contribution in [-0.4, -0.2) is 45.1 Å². The lowest BCUT2D eigenvalue weighted by Gasteiger charge is -2.29. The molecule has 35 heavy (non-hydrogen) atoms. The first kappa shape index (κ1) is 22.6. The fraction of sp³-hybridized carbons (Fsp3) is 0.222. The highest BCUT2D eigenvalue weighted by Gasteiger charge is 2.27. The molecular formula is C27H24FN3O4. The first-order valence-electron chi connectivity index (χ1n) is 11.3. The van der Waals surface area contributed by atoms with Crippen LogP contribution in [0.25, 0.3) is 11.0 Å². The van der Waals surface area contributed by atoms with Crippen LogP contribution in [0.1, 0.15) is 32.7 Å². The van der Waals surface area contributed by atoms with Gasteiger partial charge in [-0.3, -0.25) is 4.79 Å². The van der Waals surface area contributed by atoms with Gasteiger partial charge in [0.15, 0.2) is 0 Å². The maximum atomic E-state index is 13.8. The summed E-state index contributed by atoms with van der Waals surface area (Å²) in [6.07, 6.45) is 2.57. The number of ether oxygens (including phenoxy) is 1. The Labute approximate surface area is 201 Å². The molecule has 0 unspecified atom stereocenters. The molecule has 2 aromatic heterocycles. The molecule has 1 N–H and O–H groups in total. The Hall–Kier alpha value is -4.20. The molecule has 0 saturated carbocycles. The van der Waals surface area contributed by atoms with E-state index in [0.29, 0.717) is 31.6 Å². The first-order chi connectivity index (χ1) is 16.9. The zero-order valence-corrected chi connectivity index (χ0v) is 19.2. The van der Waals surface area contributed by atoms with Crippen LogP contribution in [0.2, 0.25) is 0 Å². The van der Waals surface area contributed by atoms with Crippen molar-refractivity contribution in [3.63, 3.8) is 0 Å². The first-order valence-corrected chi connectivity index (χ1v) is 11.3. The van der Waals surface area contributed by atoms with E-state index < -0.39 is 5.97 Å². The van der Waals surface area contributed by atoms with Gasteiger partial charge in [-0.1, -0.05) is 18.2 Å². The molecule has 0 radical (unpaired) electrons. The van der Waals surface area contributed by atoms with Gasteiger partial charge < -0.3 is 19.3 Å². The fourth-order valence-corrected chi connectivity index (χ4v) is 4.77. The number of rotatable bonds is 6. The van der Waals surface area contributed by atoms with Gasteiger partial charge in [0.2, 0.25) is 5.91 Å². The minimum atomic E-state index is -1.08. The molecule has 4 aromatic rings. The molecular weight excluding hydrogens is 449 g/mol. The average molecular weight is 474 g/mol. The number of nitrogens with zero attached hydrogens (tertiary/aromatic N) is 3. The van der Waals surface area contributed by atoms with E-state index in [-0.39, 0.29) is 29.5 Å². The number of carbonyl (C=O) groups excluding carboxylic acids is 1. The number of amides is 1. The lowest BCUT2D eigenvalue weighted by molar-refractivity contribution is -0.131. The minimum absolute atomic E-state index is 0.0562. The van der Waals surface area contributed by atoms with E-state index in [1.54, 1.807) is 29.3 Å². The lowest BCUT2D eigenvalue weighted by atomic mass is 10.0. The van der Waals surface area contributed by atoms with Crippen molar-refractivity contribution in [2.24, 2.45) is 0 Å². The summed E-state index contributed by atoms with van der Waals surface area (Å²) in [6.45, 7) is 1.45. The van der Waals surface area contributed by atoms with E-state index in [9.17, 15) is 19.1 Å². The van der Waals surface area contributed by atoms with E-state index in [0.717, 1.165) is 22.3 Å². The third kappa shape index (κ3) is 4.35. The normalized spacial score (nSPS) is 13.0. The van der Waals surface area contributed by atoms with Gasteiger partial charge in [0, 0.05) is 30.4 Å². The largest absolute Gasteiger partial charge is 0.496 e. The number of fused-ring (bicyclic) bond motifs is 3. The number of carbonyl (C=O) groups is 2. The molecule has 1 aliphatic heterocycles. The van der Waals surface area contributed by atoms with Crippen LogP contribution >= 0.6 is 0 Å². The summed E-state index contributed by atoms with van der Waals surface area (Å²) in [4.78, 5) is 31.0. The second-order valence-electron chi connectivity index (χ2n) is 8.60. The Morgan fingerprint density at radius 3 is 2.74 bits per heavy atom. The molecule has 178 valence electrons. The van der Waals surface area contributed by atoms with Crippen molar-refractivity contribution in [2.75, 3.05) is 13.7 Å². The summed E-state index contributed by atoms with van der Waals surface area (Å²) in [5.41, 5.74) is 4.56. The standard InChI is InChI=1S/C27H24FN3O4/c1-35-24-13-17(7-8-22(24)27(33)34)14-25(32)30-11-9-20-21-6-3-10-29-26(21)31(23(20)16-30)15-18-4-2-5-19(28)12-18/h2-8,10,12-13H,9,11,14-16H2,1H3,(H,33,34). The molecule has 1 aliphatic rings. The summed E-state index contributed by atoms with van der Waals surface area (Å²) in [5.74, 6) is -1.20. The number of hydrogen-bond acceptors (Lipinski definition) is 4. The van der Waals surface area contributed by atoms with Crippen molar-refractivity contribution in [2.45, 2.75) is 25.9 Å². The zero-order chi connectivity index (χ0) is 24.5. The number of halogens is 1. The Kier molecular flexibility index (Phi) is 5.94. The van der Waals surface area contributed by atoms with Gasteiger partial charge in [-0.25, -0.2) is 14.2 Å². The summed E-state index contributed by atoms with van der Waals surface area (Å²) in [7, 11) is 1.41. The molecule has 2 aromatic carbocycles. The summed E-state index contributed by atoms with van der Waals surface area (Å²) in [6, 6.07) is 15.1. The highest BCUT2D eigenvalue weighted by Crippen LogP contribution is 2.31. The monoisotopic (exact) mass is 473 g/mol. The van der Waals surface area contributed by atoms with Crippen molar-refractivity contribution >= 4 is 22.9 Å². The molecule has 5 rings (SSSR count). The smallest absolute Gasteiger partial charge is 0.339 e. The van der Waals surface area contributed by atoms with Crippen LogP contribution in [0.5, 0.6) is 5.75 Å². The number of pyridine rings is 1. The van der Waals surface area contributed by atoms with Gasteiger partial charge in [0.05, 0.1) is 20.1 Å². The second-order valence-corrected chi connectivity index (χ2v) is 8.60. The van der Waals surface area contributed by atoms with Gasteiger partial charge in [0.25, 0.3) is 0 Å². The predicted molar refractivity (Wildman–Crippen MR) is 128 cm³/mol. The van der Waals surface area contributed by atoms with Crippen molar-refractivity contribution in [3.05, 3.63) is 94.6 Å². The van der Waals surface area contributed by atoms with E-state index in [1.165, 1.54) is 30.9 Å². The van der Waals surface area contributed by atoms with Gasteiger partial charge >= 0.3 is 5.97 Å². The summed E-state index contributed by atoms with van der Waals surface area (Å²) in [5, 5.41) is 10.3.